The highest BCUT2D eigenvalue weighted by Gasteiger charge is 2.21. The zero-order valence-electron chi connectivity index (χ0n) is 9.51. The van der Waals surface area contributed by atoms with Crippen LogP contribution in [0.3, 0.4) is 0 Å². The fourth-order valence-electron chi connectivity index (χ4n) is 2.25. The van der Waals surface area contributed by atoms with E-state index in [4.69, 9.17) is 4.74 Å². The SMILES string of the molecule is OCC[C@@H](c1ccccc1)N1CCOCC1. The van der Waals surface area contributed by atoms with Gasteiger partial charge in [-0.15, -0.1) is 0 Å². The minimum Gasteiger partial charge on any atom is -0.396 e. The maximum Gasteiger partial charge on any atom is 0.0594 e. The van der Waals surface area contributed by atoms with E-state index in [1.165, 1.54) is 5.56 Å². The molecule has 3 heteroatoms. The number of rotatable bonds is 4. The number of aliphatic hydroxyl groups excluding tert-OH is 1. The van der Waals surface area contributed by atoms with Crippen LogP contribution >= 0.6 is 0 Å². The lowest BCUT2D eigenvalue weighted by Crippen LogP contribution is -2.39. The summed E-state index contributed by atoms with van der Waals surface area (Å²) < 4.78 is 5.36. The quantitative estimate of drug-likeness (QED) is 0.835. The van der Waals surface area contributed by atoms with E-state index < -0.39 is 0 Å². The molecule has 1 fully saturated rings. The molecule has 0 radical (unpaired) electrons. The smallest absolute Gasteiger partial charge is 0.0594 e. The number of morpholine rings is 1. The molecular formula is C13H19NO2. The fourth-order valence-corrected chi connectivity index (χ4v) is 2.25. The molecule has 0 saturated carbocycles. The van der Waals surface area contributed by atoms with Crippen molar-refractivity contribution in [3.8, 4) is 0 Å². The maximum absolute atomic E-state index is 9.17. The van der Waals surface area contributed by atoms with Crippen LogP contribution in [0.25, 0.3) is 0 Å². The van der Waals surface area contributed by atoms with Gasteiger partial charge in [0.25, 0.3) is 0 Å². The number of aliphatic hydroxyl groups is 1. The molecule has 16 heavy (non-hydrogen) atoms. The third-order valence-electron chi connectivity index (χ3n) is 3.07. The Bertz CT molecular complexity index is 296. The molecule has 0 aliphatic carbocycles. The Hall–Kier alpha value is -0.900. The number of hydrogen-bond acceptors (Lipinski definition) is 3. The first-order valence-corrected chi connectivity index (χ1v) is 5.89. The number of nitrogens with zero attached hydrogens (tertiary/aromatic N) is 1. The second-order valence-corrected chi connectivity index (χ2v) is 4.09. The minimum absolute atomic E-state index is 0.233. The van der Waals surface area contributed by atoms with Gasteiger partial charge in [0, 0.05) is 25.7 Å². The van der Waals surface area contributed by atoms with E-state index in [0.717, 1.165) is 32.7 Å². The Kier molecular flexibility index (Phi) is 4.34. The zero-order valence-corrected chi connectivity index (χ0v) is 9.51. The molecule has 88 valence electrons. The highest BCUT2D eigenvalue weighted by molar-refractivity contribution is 5.19. The molecule has 0 unspecified atom stereocenters. The second-order valence-electron chi connectivity index (χ2n) is 4.09. The van der Waals surface area contributed by atoms with Crippen molar-refractivity contribution in [1.29, 1.82) is 0 Å². The molecule has 0 spiro atoms. The van der Waals surface area contributed by atoms with Crippen molar-refractivity contribution in [3.63, 3.8) is 0 Å². The zero-order chi connectivity index (χ0) is 11.2. The van der Waals surface area contributed by atoms with Gasteiger partial charge in [-0.1, -0.05) is 30.3 Å². The van der Waals surface area contributed by atoms with Crippen molar-refractivity contribution in [2.24, 2.45) is 0 Å². The highest BCUT2D eigenvalue weighted by atomic mass is 16.5. The van der Waals surface area contributed by atoms with Crippen LogP contribution in [0.15, 0.2) is 30.3 Å². The standard InChI is InChI=1S/C13H19NO2/c15-9-6-13(12-4-2-1-3-5-12)14-7-10-16-11-8-14/h1-5,13,15H,6-11H2/t13-/m0/s1. The predicted octanol–water partition coefficient (Wildman–Crippen LogP) is 1.44. The monoisotopic (exact) mass is 221 g/mol. The third-order valence-corrected chi connectivity index (χ3v) is 3.07. The summed E-state index contributed by atoms with van der Waals surface area (Å²) >= 11 is 0. The number of benzene rings is 1. The molecule has 3 nitrogen and oxygen atoms in total. The summed E-state index contributed by atoms with van der Waals surface area (Å²) in [6, 6.07) is 10.7. The van der Waals surface area contributed by atoms with E-state index in [1.807, 2.05) is 6.07 Å². The largest absolute Gasteiger partial charge is 0.396 e. The van der Waals surface area contributed by atoms with Crippen molar-refractivity contribution in [2.75, 3.05) is 32.9 Å². The summed E-state index contributed by atoms with van der Waals surface area (Å²) in [5, 5.41) is 9.17. The minimum atomic E-state index is 0.233. The van der Waals surface area contributed by atoms with Crippen LogP contribution in [0.2, 0.25) is 0 Å². The summed E-state index contributed by atoms with van der Waals surface area (Å²) in [6.45, 7) is 3.75. The van der Waals surface area contributed by atoms with Crippen LogP contribution in [-0.4, -0.2) is 42.9 Å². The Labute approximate surface area is 96.6 Å². The molecule has 1 aromatic carbocycles. The van der Waals surface area contributed by atoms with Gasteiger partial charge in [0.2, 0.25) is 0 Å². The normalized spacial score (nSPS) is 19.6. The average molecular weight is 221 g/mol. The molecule has 1 aromatic rings. The van der Waals surface area contributed by atoms with Crippen LogP contribution in [-0.2, 0) is 4.74 Å². The summed E-state index contributed by atoms with van der Waals surface area (Å²) in [5.74, 6) is 0. The molecule has 1 aliphatic rings. The molecule has 1 N–H and O–H groups in total. The lowest BCUT2D eigenvalue weighted by Gasteiger charge is -2.34. The van der Waals surface area contributed by atoms with E-state index in [0.29, 0.717) is 6.04 Å². The van der Waals surface area contributed by atoms with Crippen molar-refractivity contribution >= 4 is 0 Å². The van der Waals surface area contributed by atoms with E-state index in [1.54, 1.807) is 0 Å². The summed E-state index contributed by atoms with van der Waals surface area (Å²) in [6.07, 6.45) is 0.796. The first-order chi connectivity index (χ1) is 7.92. The molecule has 1 saturated heterocycles. The van der Waals surface area contributed by atoms with Gasteiger partial charge >= 0.3 is 0 Å². The Balaban J connectivity index is 2.09. The van der Waals surface area contributed by atoms with Gasteiger partial charge in [-0.2, -0.15) is 0 Å². The maximum atomic E-state index is 9.17. The van der Waals surface area contributed by atoms with Crippen molar-refractivity contribution in [2.45, 2.75) is 12.5 Å². The van der Waals surface area contributed by atoms with Crippen LogP contribution < -0.4 is 0 Å². The van der Waals surface area contributed by atoms with Crippen molar-refractivity contribution in [1.82, 2.24) is 4.90 Å². The van der Waals surface area contributed by atoms with Crippen molar-refractivity contribution in [3.05, 3.63) is 35.9 Å². The second kappa shape index (κ2) is 5.99. The lowest BCUT2D eigenvalue weighted by atomic mass is 10.0. The van der Waals surface area contributed by atoms with Crippen LogP contribution in [0.4, 0.5) is 0 Å². The molecular weight excluding hydrogens is 202 g/mol. The van der Waals surface area contributed by atoms with Gasteiger partial charge < -0.3 is 9.84 Å². The van der Waals surface area contributed by atoms with Crippen LogP contribution in [0, 0.1) is 0 Å². The van der Waals surface area contributed by atoms with Gasteiger partial charge in [-0.05, 0) is 12.0 Å². The van der Waals surface area contributed by atoms with Gasteiger partial charge in [-0.25, -0.2) is 0 Å². The van der Waals surface area contributed by atoms with Crippen molar-refractivity contribution < 1.29 is 9.84 Å². The third kappa shape index (κ3) is 2.82. The van der Waals surface area contributed by atoms with Crippen LogP contribution in [0.5, 0.6) is 0 Å². The first-order valence-electron chi connectivity index (χ1n) is 5.89. The van der Waals surface area contributed by atoms with E-state index in [-0.39, 0.29) is 6.61 Å². The molecule has 0 bridgehead atoms. The van der Waals surface area contributed by atoms with Gasteiger partial charge in [0.05, 0.1) is 13.2 Å². The molecule has 1 aliphatic heterocycles. The molecule has 1 atom stereocenters. The first kappa shape index (κ1) is 11.6. The Morgan fingerprint density at radius 1 is 1.19 bits per heavy atom. The topological polar surface area (TPSA) is 32.7 Å². The van der Waals surface area contributed by atoms with E-state index >= 15 is 0 Å². The van der Waals surface area contributed by atoms with Gasteiger partial charge in [-0.3, -0.25) is 4.90 Å². The lowest BCUT2D eigenvalue weighted by molar-refractivity contribution is 0.0107. The molecule has 0 amide bonds. The molecule has 2 rings (SSSR count). The van der Waals surface area contributed by atoms with Gasteiger partial charge in [0.1, 0.15) is 0 Å². The molecule has 0 aromatic heterocycles. The number of hydrogen-bond donors (Lipinski definition) is 1. The van der Waals surface area contributed by atoms with Crippen LogP contribution in [0.1, 0.15) is 18.0 Å². The Morgan fingerprint density at radius 3 is 2.50 bits per heavy atom. The average Bonchev–Trinajstić information content (AvgIpc) is 2.38. The van der Waals surface area contributed by atoms with E-state index in [2.05, 4.69) is 29.2 Å². The predicted molar refractivity (Wildman–Crippen MR) is 63.3 cm³/mol. The van der Waals surface area contributed by atoms with Gasteiger partial charge in [0.15, 0.2) is 0 Å². The highest BCUT2D eigenvalue weighted by Crippen LogP contribution is 2.24. The number of ether oxygens (including phenoxy) is 1. The summed E-state index contributed by atoms with van der Waals surface area (Å²) in [7, 11) is 0. The fraction of sp³-hybridized carbons (Fsp3) is 0.538. The molecule has 1 heterocycles. The van der Waals surface area contributed by atoms with E-state index in [9.17, 15) is 5.11 Å². The Morgan fingerprint density at radius 2 is 1.88 bits per heavy atom. The summed E-state index contributed by atoms with van der Waals surface area (Å²) in [5.41, 5.74) is 1.29. The summed E-state index contributed by atoms with van der Waals surface area (Å²) in [4.78, 5) is 2.40.